The highest BCUT2D eigenvalue weighted by Gasteiger charge is 2.44. The number of hydrogen-bond donors (Lipinski definition) is 1. The van der Waals surface area contributed by atoms with Crippen LogP contribution in [0.2, 0.25) is 0 Å². The van der Waals surface area contributed by atoms with Crippen LogP contribution in [0.1, 0.15) is 25.5 Å². The van der Waals surface area contributed by atoms with Crippen LogP contribution >= 0.6 is 0 Å². The monoisotopic (exact) mass is 379 g/mol. The highest BCUT2D eigenvalue weighted by Crippen LogP contribution is 2.39. The van der Waals surface area contributed by atoms with E-state index < -0.39 is 23.8 Å². The average Bonchev–Trinajstić information content (AvgIpc) is 3.05. The number of benzene rings is 2. The van der Waals surface area contributed by atoms with Crippen molar-refractivity contribution in [1.82, 2.24) is 9.55 Å². The van der Waals surface area contributed by atoms with E-state index in [4.69, 9.17) is 9.47 Å². The van der Waals surface area contributed by atoms with Gasteiger partial charge < -0.3 is 14.0 Å². The molecule has 144 valence electrons. The number of para-hydroxylation sites is 2. The van der Waals surface area contributed by atoms with E-state index in [9.17, 15) is 9.59 Å². The maximum Gasteiger partial charge on any atom is 0.321 e. The van der Waals surface area contributed by atoms with Crippen LogP contribution in [0.3, 0.4) is 0 Å². The maximum absolute atomic E-state index is 12.8. The number of rotatable bonds is 5. The van der Waals surface area contributed by atoms with Crippen molar-refractivity contribution in [2.24, 2.45) is 5.92 Å². The number of carbonyl (C=O) groups excluding carboxylic acids is 2. The van der Waals surface area contributed by atoms with Crippen LogP contribution in [-0.4, -0.2) is 34.6 Å². The minimum absolute atomic E-state index is 0.200. The molecule has 2 atom stereocenters. The minimum atomic E-state index is -1.03. The number of aromatic nitrogens is 2. The number of ether oxygens (including phenoxy) is 2. The van der Waals surface area contributed by atoms with Crippen molar-refractivity contribution in [2.45, 2.75) is 19.9 Å². The smallest absolute Gasteiger partial charge is 0.321 e. The third-order valence-corrected chi connectivity index (χ3v) is 4.76. The molecule has 1 aliphatic heterocycles. The summed E-state index contributed by atoms with van der Waals surface area (Å²) in [6, 6.07) is 14.4. The van der Waals surface area contributed by atoms with Crippen molar-refractivity contribution in [3.05, 3.63) is 54.1 Å². The van der Waals surface area contributed by atoms with E-state index in [0.29, 0.717) is 18.3 Å². The SMILES string of the molecule is CCOC(=O)[C@H]1C(=O)Nc2nc3ccccc3n2[C@H]1c1cccc(OCC)c1. The Balaban J connectivity index is 1.93. The summed E-state index contributed by atoms with van der Waals surface area (Å²) in [6.45, 7) is 4.35. The second kappa shape index (κ2) is 7.34. The van der Waals surface area contributed by atoms with Gasteiger partial charge in [0.2, 0.25) is 11.9 Å². The molecule has 1 N–H and O–H groups in total. The molecule has 1 aromatic heterocycles. The lowest BCUT2D eigenvalue weighted by molar-refractivity contribution is -0.152. The highest BCUT2D eigenvalue weighted by atomic mass is 16.5. The highest BCUT2D eigenvalue weighted by molar-refractivity contribution is 6.07. The van der Waals surface area contributed by atoms with Crippen molar-refractivity contribution in [3.63, 3.8) is 0 Å². The summed E-state index contributed by atoms with van der Waals surface area (Å²) >= 11 is 0. The van der Waals surface area contributed by atoms with Gasteiger partial charge in [0.05, 0.1) is 30.3 Å². The Morgan fingerprint density at radius 1 is 1.14 bits per heavy atom. The lowest BCUT2D eigenvalue weighted by Gasteiger charge is -2.32. The molecule has 0 aliphatic carbocycles. The maximum atomic E-state index is 12.8. The lowest BCUT2D eigenvalue weighted by Crippen LogP contribution is -2.43. The molecular weight excluding hydrogens is 358 g/mol. The number of nitrogens with one attached hydrogen (secondary N) is 1. The van der Waals surface area contributed by atoms with Gasteiger partial charge in [-0.2, -0.15) is 0 Å². The average molecular weight is 379 g/mol. The molecule has 1 amide bonds. The third-order valence-electron chi connectivity index (χ3n) is 4.76. The van der Waals surface area contributed by atoms with Crippen molar-refractivity contribution in [3.8, 4) is 5.75 Å². The van der Waals surface area contributed by atoms with E-state index >= 15 is 0 Å². The molecule has 0 radical (unpaired) electrons. The molecule has 3 aromatic rings. The number of amides is 1. The Kier molecular flexibility index (Phi) is 4.73. The van der Waals surface area contributed by atoms with Gasteiger partial charge in [0.1, 0.15) is 5.75 Å². The summed E-state index contributed by atoms with van der Waals surface area (Å²) in [5.74, 6) is -0.914. The van der Waals surface area contributed by atoms with Crippen LogP contribution in [0.15, 0.2) is 48.5 Å². The van der Waals surface area contributed by atoms with Crippen molar-refractivity contribution >= 4 is 28.9 Å². The predicted molar refractivity (Wildman–Crippen MR) is 104 cm³/mol. The number of imidazole rings is 1. The molecule has 0 saturated carbocycles. The molecule has 28 heavy (non-hydrogen) atoms. The van der Waals surface area contributed by atoms with Crippen molar-refractivity contribution < 1.29 is 19.1 Å². The first-order valence-electron chi connectivity index (χ1n) is 9.31. The zero-order valence-electron chi connectivity index (χ0n) is 15.7. The molecule has 7 nitrogen and oxygen atoms in total. The van der Waals surface area contributed by atoms with Crippen LogP contribution in [-0.2, 0) is 14.3 Å². The largest absolute Gasteiger partial charge is 0.494 e. The predicted octanol–water partition coefficient (Wildman–Crippen LogP) is 3.16. The topological polar surface area (TPSA) is 82.5 Å². The normalized spacial score (nSPS) is 18.4. The van der Waals surface area contributed by atoms with Crippen LogP contribution in [0.4, 0.5) is 5.95 Å². The molecule has 0 bridgehead atoms. The molecule has 7 heteroatoms. The van der Waals surface area contributed by atoms with Gasteiger partial charge in [-0.25, -0.2) is 4.98 Å². The number of carbonyl (C=O) groups is 2. The van der Waals surface area contributed by atoms with Gasteiger partial charge in [-0.15, -0.1) is 0 Å². The van der Waals surface area contributed by atoms with E-state index in [2.05, 4.69) is 10.3 Å². The van der Waals surface area contributed by atoms with E-state index in [-0.39, 0.29) is 6.61 Å². The summed E-state index contributed by atoms with van der Waals surface area (Å²) in [5, 5.41) is 2.76. The fourth-order valence-corrected chi connectivity index (χ4v) is 3.66. The molecule has 0 spiro atoms. The second-order valence-corrected chi connectivity index (χ2v) is 6.46. The molecule has 1 aliphatic rings. The second-order valence-electron chi connectivity index (χ2n) is 6.46. The molecule has 2 aromatic carbocycles. The fourth-order valence-electron chi connectivity index (χ4n) is 3.66. The van der Waals surface area contributed by atoms with Crippen LogP contribution in [0.5, 0.6) is 5.75 Å². The number of nitrogens with zero attached hydrogens (tertiary/aromatic N) is 2. The van der Waals surface area contributed by atoms with Gasteiger partial charge in [-0.05, 0) is 43.7 Å². The van der Waals surface area contributed by atoms with Crippen molar-refractivity contribution in [2.75, 3.05) is 18.5 Å². The van der Waals surface area contributed by atoms with Crippen LogP contribution in [0, 0.1) is 5.92 Å². The van der Waals surface area contributed by atoms with E-state index in [1.165, 1.54) is 0 Å². The van der Waals surface area contributed by atoms with Crippen LogP contribution in [0.25, 0.3) is 11.0 Å². The zero-order chi connectivity index (χ0) is 19.7. The summed E-state index contributed by atoms with van der Waals surface area (Å²) in [7, 11) is 0. The molecule has 4 rings (SSSR count). The standard InChI is InChI=1S/C21H21N3O4/c1-3-27-14-9-7-8-13(12-14)18-17(20(26)28-4-2)19(25)23-21-22-15-10-5-6-11-16(15)24(18)21/h5-12,17-18H,3-4H2,1-2H3,(H,22,23,25)/t17-,18+/m1/s1. The van der Waals surface area contributed by atoms with E-state index in [0.717, 1.165) is 16.6 Å². The minimum Gasteiger partial charge on any atom is -0.494 e. The molecule has 0 fully saturated rings. The lowest BCUT2D eigenvalue weighted by atomic mass is 9.90. The van der Waals surface area contributed by atoms with E-state index in [1.54, 1.807) is 6.92 Å². The first-order chi connectivity index (χ1) is 13.6. The van der Waals surface area contributed by atoms with Gasteiger partial charge in [-0.3, -0.25) is 14.9 Å². The Morgan fingerprint density at radius 3 is 2.75 bits per heavy atom. The number of esters is 1. The quantitative estimate of drug-likeness (QED) is 0.544. The number of fused-ring (bicyclic) bond motifs is 3. The Labute approximate surface area is 162 Å². The first kappa shape index (κ1) is 18.0. The van der Waals surface area contributed by atoms with Gasteiger partial charge in [-0.1, -0.05) is 24.3 Å². The Hall–Kier alpha value is -3.35. The summed E-state index contributed by atoms with van der Waals surface area (Å²) in [4.78, 5) is 30.1. The van der Waals surface area contributed by atoms with Crippen LogP contribution < -0.4 is 10.1 Å². The summed E-state index contributed by atoms with van der Waals surface area (Å²) < 4.78 is 12.7. The number of hydrogen-bond acceptors (Lipinski definition) is 5. The molecule has 0 unspecified atom stereocenters. The third kappa shape index (κ3) is 2.98. The molecular formula is C21H21N3O4. The van der Waals surface area contributed by atoms with E-state index in [1.807, 2.05) is 60.0 Å². The number of anilines is 1. The Morgan fingerprint density at radius 2 is 1.96 bits per heavy atom. The zero-order valence-corrected chi connectivity index (χ0v) is 15.7. The summed E-state index contributed by atoms with van der Waals surface area (Å²) in [6.07, 6.45) is 0. The summed E-state index contributed by atoms with van der Waals surface area (Å²) in [5.41, 5.74) is 2.36. The van der Waals surface area contributed by atoms with Gasteiger partial charge in [0.25, 0.3) is 0 Å². The molecule has 2 heterocycles. The first-order valence-corrected chi connectivity index (χ1v) is 9.31. The van der Waals surface area contributed by atoms with Gasteiger partial charge >= 0.3 is 5.97 Å². The van der Waals surface area contributed by atoms with Crippen molar-refractivity contribution in [1.29, 1.82) is 0 Å². The molecule has 0 saturated heterocycles. The fraction of sp³-hybridized carbons (Fsp3) is 0.286. The van der Waals surface area contributed by atoms with Gasteiger partial charge in [0, 0.05) is 0 Å². The Bertz CT molecular complexity index is 1040. The van der Waals surface area contributed by atoms with Gasteiger partial charge in [0.15, 0.2) is 5.92 Å².